The lowest BCUT2D eigenvalue weighted by Crippen LogP contribution is -2.51. The number of carbonyl (C=O) groups is 1. The lowest BCUT2D eigenvalue weighted by molar-refractivity contribution is 0.0493. The van der Waals surface area contributed by atoms with Crippen molar-refractivity contribution in [1.29, 1.82) is 0 Å². The third kappa shape index (κ3) is 3.76. The van der Waals surface area contributed by atoms with Crippen LogP contribution in [0.4, 0.5) is 0 Å². The highest BCUT2D eigenvalue weighted by Crippen LogP contribution is 2.25. The largest absolute Gasteiger partial charge is 0.491 e. The predicted octanol–water partition coefficient (Wildman–Crippen LogP) is 2.82. The number of carbonyl (C=O) groups excluding carboxylic acids is 1. The van der Waals surface area contributed by atoms with Crippen LogP contribution in [0.1, 0.15) is 50.4 Å². The van der Waals surface area contributed by atoms with Gasteiger partial charge in [0.2, 0.25) is 0 Å². The molecule has 1 fully saturated rings. The Labute approximate surface area is 127 Å². The van der Waals surface area contributed by atoms with Crippen molar-refractivity contribution in [2.24, 2.45) is 5.73 Å². The first-order valence-corrected chi connectivity index (χ1v) is 7.82. The SMILES string of the molecule is CC(C)Oc1cccc(C(=O)N2C(C)CCCC2CN)c1. The van der Waals surface area contributed by atoms with Gasteiger partial charge < -0.3 is 15.4 Å². The summed E-state index contributed by atoms with van der Waals surface area (Å²) in [4.78, 5) is 14.8. The van der Waals surface area contributed by atoms with Crippen LogP contribution in [0.25, 0.3) is 0 Å². The maximum Gasteiger partial charge on any atom is 0.254 e. The van der Waals surface area contributed by atoms with Crippen LogP contribution in [-0.4, -0.2) is 35.5 Å². The molecule has 1 aromatic rings. The monoisotopic (exact) mass is 290 g/mol. The summed E-state index contributed by atoms with van der Waals surface area (Å²) in [5.41, 5.74) is 6.53. The molecule has 116 valence electrons. The lowest BCUT2D eigenvalue weighted by atomic mass is 9.95. The molecule has 2 rings (SSSR count). The second kappa shape index (κ2) is 6.94. The van der Waals surface area contributed by atoms with Gasteiger partial charge in [0.05, 0.1) is 6.10 Å². The lowest BCUT2D eigenvalue weighted by Gasteiger charge is -2.40. The van der Waals surface area contributed by atoms with E-state index in [1.165, 1.54) is 0 Å². The summed E-state index contributed by atoms with van der Waals surface area (Å²) < 4.78 is 5.68. The summed E-state index contributed by atoms with van der Waals surface area (Å²) in [5, 5.41) is 0. The van der Waals surface area contributed by atoms with Gasteiger partial charge in [-0.15, -0.1) is 0 Å². The Hall–Kier alpha value is -1.55. The molecule has 1 aliphatic heterocycles. The van der Waals surface area contributed by atoms with Crippen molar-refractivity contribution in [2.75, 3.05) is 6.54 Å². The highest BCUT2D eigenvalue weighted by atomic mass is 16.5. The van der Waals surface area contributed by atoms with Gasteiger partial charge in [0.1, 0.15) is 5.75 Å². The van der Waals surface area contributed by atoms with Crippen molar-refractivity contribution in [3.05, 3.63) is 29.8 Å². The van der Waals surface area contributed by atoms with Gasteiger partial charge in [-0.05, 0) is 58.2 Å². The molecule has 4 nitrogen and oxygen atoms in total. The summed E-state index contributed by atoms with van der Waals surface area (Å²) in [7, 11) is 0. The highest BCUT2D eigenvalue weighted by molar-refractivity contribution is 5.95. The minimum atomic E-state index is 0.0619. The molecule has 1 heterocycles. The highest BCUT2D eigenvalue weighted by Gasteiger charge is 2.31. The Morgan fingerprint density at radius 3 is 2.86 bits per heavy atom. The Kier molecular flexibility index (Phi) is 5.23. The van der Waals surface area contributed by atoms with E-state index < -0.39 is 0 Å². The Morgan fingerprint density at radius 2 is 2.19 bits per heavy atom. The molecule has 0 aromatic heterocycles. The van der Waals surface area contributed by atoms with Crippen LogP contribution in [0.3, 0.4) is 0 Å². The predicted molar refractivity (Wildman–Crippen MR) is 84.5 cm³/mol. The smallest absolute Gasteiger partial charge is 0.254 e. The molecule has 2 N–H and O–H groups in total. The molecule has 0 aliphatic carbocycles. The van der Waals surface area contributed by atoms with Crippen LogP contribution in [0.2, 0.25) is 0 Å². The molecule has 0 radical (unpaired) electrons. The summed E-state index contributed by atoms with van der Waals surface area (Å²) >= 11 is 0. The summed E-state index contributed by atoms with van der Waals surface area (Å²) in [6.45, 7) is 6.59. The molecule has 0 saturated carbocycles. The van der Waals surface area contributed by atoms with E-state index in [0.29, 0.717) is 12.1 Å². The average molecular weight is 290 g/mol. The maximum atomic E-state index is 12.8. The second-order valence-electron chi connectivity index (χ2n) is 6.08. The number of piperidine rings is 1. The zero-order valence-corrected chi connectivity index (χ0v) is 13.2. The molecule has 1 aliphatic rings. The maximum absolute atomic E-state index is 12.8. The van der Waals surface area contributed by atoms with E-state index in [0.717, 1.165) is 25.0 Å². The topological polar surface area (TPSA) is 55.6 Å². The minimum absolute atomic E-state index is 0.0619. The van der Waals surface area contributed by atoms with Gasteiger partial charge >= 0.3 is 0 Å². The molecular weight excluding hydrogens is 264 g/mol. The number of nitrogens with zero attached hydrogens (tertiary/aromatic N) is 1. The molecule has 2 unspecified atom stereocenters. The third-order valence-corrected chi connectivity index (χ3v) is 3.99. The summed E-state index contributed by atoms with van der Waals surface area (Å²) in [5.74, 6) is 0.802. The van der Waals surface area contributed by atoms with Gasteiger partial charge in [0.15, 0.2) is 0 Å². The van der Waals surface area contributed by atoms with Crippen LogP contribution in [0.15, 0.2) is 24.3 Å². The molecule has 0 spiro atoms. The van der Waals surface area contributed by atoms with E-state index in [1.807, 2.05) is 43.0 Å². The fourth-order valence-corrected chi connectivity index (χ4v) is 3.01. The Morgan fingerprint density at radius 1 is 1.43 bits per heavy atom. The van der Waals surface area contributed by atoms with E-state index >= 15 is 0 Å². The van der Waals surface area contributed by atoms with Gasteiger partial charge in [0, 0.05) is 24.2 Å². The van der Waals surface area contributed by atoms with Crippen LogP contribution in [-0.2, 0) is 0 Å². The molecule has 21 heavy (non-hydrogen) atoms. The van der Waals surface area contributed by atoms with Crippen LogP contribution in [0, 0.1) is 0 Å². The first-order chi connectivity index (χ1) is 10.0. The van der Waals surface area contributed by atoms with Crippen molar-refractivity contribution in [1.82, 2.24) is 4.90 Å². The van der Waals surface area contributed by atoms with Gasteiger partial charge in [-0.3, -0.25) is 4.79 Å². The first-order valence-electron chi connectivity index (χ1n) is 7.82. The van der Waals surface area contributed by atoms with E-state index in [4.69, 9.17) is 10.5 Å². The number of benzene rings is 1. The molecule has 2 atom stereocenters. The third-order valence-electron chi connectivity index (χ3n) is 3.99. The number of rotatable bonds is 4. The number of hydrogen-bond donors (Lipinski definition) is 1. The van der Waals surface area contributed by atoms with Crippen molar-refractivity contribution < 1.29 is 9.53 Å². The second-order valence-corrected chi connectivity index (χ2v) is 6.08. The summed E-state index contributed by atoms with van der Waals surface area (Å²) in [6.07, 6.45) is 3.28. The van der Waals surface area contributed by atoms with Crippen LogP contribution in [0.5, 0.6) is 5.75 Å². The van der Waals surface area contributed by atoms with Gasteiger partial charge in [-0.1, -0.05) is 6.07 Å². The molecule has 1 amide bonds. The van der Waals surface area contributed by atoms with E-state index in [9.17, 15) is 4.79 Å². The average Bonchev–Trinajstić information content (AvgIpc) is 2.45. The fraction of sp³-hybridized carbons (Fsp3) is 0.588. The number of amides is 1. The zero-order valence-electron chi connectivity index (χ0n) is 13.2. The zero-order chi connectivity index (χ0) is 15.4. The number of nitrogens with two attached hydrogens (primary N) is 1. The fourth-order valence-electron chi connectivity index (χ4n) is 3.01. The van der Waals surface area contributed by atoms with E-state index in [-0.39, 0.29) is 24.1 Å². The Balaban J connectivity index is 2.21. The molecule has 1 aromatic carbocycles. The van der Waals surface area contributed by atoms with Crippen molar-refractivity contribution >= 4 is 5.91 Å². The normalized spacial score (nSPS) is 22.4. The van der Waals surface area contributed by atoms with Crippen LogP contribution < -0.4 is 10.5 Å². The standard InChI is InChI=1S/C17H26N2O2/c1-12(2)21-16-9-5-7-14(10-16)17(20)19-13(3)6-4-8-15(19)11-18/h5,7,9-10,12-13,15H,4,6,8,11,18H2,1-3H3. The molecule has 0 bridgehead atoms. The van der Waals surface area contributed by atoms with Gasteiger partial charge in [-0.2, -0.15) is 0 Å². The molecular formula is C17H26N2O2. The van der Waals surface area contributed by atoms with Crippen LogP contribution >= 0.6 is 0 Å². The van der Waals surface area contributed by atoms with Gasteiger partial charge in [-0.25, -0.2) is 0 Å². The number of hydrogen-bond acceptors (Lipinski definition) is 3. The van der Waals surface area contributed by atoms with Gasteiger partial charge in [0.25, 0.3) is 5.91 Å². The van der Waals surface area contributed by atoms with Crippen molar-refractivity contribution in [3.8, 4) is 5.75 Å². The van der Waals surface area contributed by atoms with E-state index in [2.05, 4.69) is 6.92 Å². The quantitative estimate of drug-likeness (QED) is 0.927. The number of likely N-dealkylation sites (tertiary alicyclic amines) is 1. The molecule has 4 heteroatoms. The summed E-state index contributed by atoms with van der Waals surface area (Å²) in [6, 6.07) is 7.83. The minimum Gasteiger partial charge on any atom is -0.491 e. The van der Waals surface area contributed by atoms with E-state index in [1.54, 1.807) is 0 Å². The first kappa shape index (κ1) is 15.8. The van der Waals surface area contributed by atoms with Crippen molar-refractivity contribution in [3.63, 3.8) is 0 Å². The van der Waals surface area contributed by atoms with Crippen molar-refractivity contribution in [2.45, 2.75) is 58.2 Å². The number of ether oxygens (including phenoxy) is 1. The Bertz CT molecular complexity index is 487. The molecule has 1 saturated heterocycles.